The van der Waals surface area contributed by atoms with Gasteiger partial charge in [0.05, 0.1) is 6.10 Å². The summed E-state index contributed by atoms with van der Waals surface area (Å²) in [5.74, 6) is 0. The highest BCUT2D eigenvalue weighted by Crippen LogP contribution is 2.25. The van der Waals surface area contributed by atoms with Crippen molar-refractivity contribution in [3.63, 3.8) is 0 Å². The lowest BCUT2D eigenvalue weighted by Gasteiger charge is -2.17. The summed E-state index contributed by atoms with van der Waals surface area (Å²) in [5, 5.41) is 0. The molecule has 0 saturated carbocycles. The molecule has 0 fully saturated rings. The van der Waals surface area contributed by atoms with E-state index in [1.165, 1.54) is 0 Å². The Hall–Kier alpha value is -1.09. The minimum atomic E-state index is -0.949. The van der Waals surface area contributed by atoms with Crippen LogP contribution in [0.4, 0.5) is 0 Å². The molecule has 0 aliphatic carbocycles. The van der Waals surface area contributed by atoms with Crippen LogP contribution in [0.1, 0.15) is 17.2 Å². The van der Waals surface area contributed by atoms with Crippen LogP contribution in [-0.4, -0.2) is 9.07 Å². The highest BCUT2D eigenvalue weighted by Gasteiger charge is 2.12. The van der Waals surface area contributed by atoms with Gasteiger partial charge >= 0.3 is 0 Å². The molecule has 2 aromatic rings. The Morgan fingerprint density at radius 2 is 1.25 bits per heavy atom. The van der Waals surface area contributed by atoms with Crippen molar-refractivity contribution in [3.8, 4) is 0 Å². The molecule has 2 aromatic carbocycles. The zero-order valence-electron chi connectivity index (χ0n) is 8.84. The van der Waals surface area contributed by atoms with E-state index in [0.717, 1.165) is 11.1 Å². The molecule has 82 valence electrons. The second-order valence-electron chi connectivity index (χ2n) is 3.48. The van der Waals surface area contributed by atoms with E-state index >= 15 is 0 Å². The maximum absolute atomic E-state index is 5.81. The summed E-state index contributed by atoms with van der Waals surface area (Å²) in [6.45, 7) is 0. The van der Waals surface area contributed by atoms with Crippen molar-refractivity contribution in [3.05, 3.63) is 71.8 Å². The van der Waals surface area contributed by atoms with Gasteiger partial charge in [0, 0.05) is 0 Å². The summed E-state index contributed by atoms with van der Waals surface area (Å²) < 4.78 is 5.72. The van der Waals surface area contributed by atoms with Gasteiger partial charge in [-0.05, 0) is 11.1 Å². The van der Waals surface area contributed by atoms with Crippen molar-refractivity contribution < 1.29 is 4.43 Å². The lowest BCUT2D eigenvalue weighted by molar-refractivity contribution is 0.269. The third-order valence-electron chi connectivity index (χ3n) is 2.43. The Labute approximate surface area is 103 Å². The molecular weight excluding hydrogens is 236 g/mol. The van der Waals surface area contributed by atoms with E-state index in [-0.39, 0.29) is 6.10 Å². The van der Waals surface area contributed by atoms with Crippen LogP contribution >= 0.6 is 11.1 Å². The molecule has 0 spiro atoms. The van der Waals surface area contributed by atoms with Crippen LogP contribution in [0, 0.1) is 0 Å². The average molecular weight is 249 g/mol. The van der Waals surface area contributed by atoms with Crippen LogP contribution in [0.5, 0.6) is 0 Å². The quantitative estimate of drug-likeness (QED) is 0.597. The lowest BCUT2D eigenvalue weighted by Crippen LogP contribution is -2.06. The van der Waals surface area contributed by atoms with Gasteiger partial charge < -0.3 is 4.43 Å². The van der Waals surface area contributed by atoms with E-state index in [0.29, 0.717) is 0 Å². The molecule has 0 atom stereocenters. The van der Waals surface area contributed by atoms with Crippen molar-refractivity contribution in [2.45, 2.75) is 6.10 Å². The van der Waals surface area contributed by atoms with Crippen LogP contribution in [0.25, 0.3) is 0 Å². The molecule has 2 rings (SSSR count). The van der Waals surface area contributed by atoms with E-state index < -0.39 is 9.07 Å². The second kappa shape index (κ2) is 5.85. The SMILES string of the molecule is Cl[SiH2]OC(c1ccccc1)c1ccccc1. The highest BCUT2D eigenvalue weighted by molar-refractivity contribution is 6.90. The van der Waals surface area contributed by atoms with Gasteiger partial charge in [-0.25, -0.2) is 0 Å². The molecule has 0 aliphatic heterocycles. The van der Waals surface area contributed by atoms with E-state index in [4.69, 9.17) is 15.5 Å². The molecule has 3 heteroatoms. The average Bonchev–Trinajstić information content (AvgIpc) is 2.38. The maximum atomic E-state index is 5.81. The zero-order chi connectivity index (χ0) is 11.2. The molecule has 0 unspecified atom stereocenters. The predicted molar refractivity (Wildman–Crippen MR) is 70.2 cm³/mol. The molecule has 0 N–H and O–H groups in total. The molecular formula is C13H13ClOSi. The van der Waals surface area contributed by atoms with Gasteiger partial charge in [0.1, 0.15) is 0 Å². The van der Waals surface area contributed by atoms with Gasteiger partial charge in [-0.1, -0.05) is 60.7 Å². The Morgan fingerprint density at radius 3 is 1.62 bits per heavy atom. The minimum absolute atomic E-state index is 0.0217. The molecule has 0 heterocycles. The summed E-state index contributed by atoms with van der Waals surface area (Å²) >= 11 is 5.81. The van der Waals surface area contributed by atoms with Crippen LogP contribution in [0.3, 0.4) is 0 Å². The molecule has 0 aromatic heterocycles. The Kier molecular flexibility index (Phi) is 4.16. The van der Waals surface area contributed by atoms with Crippen LogP contribution in [0.2, 0.25) is 0 Å². The number of hydrogen-bond donors (Lipinski definition) is 0. The summed E-state index contributed by atoms with van der Waals surface area (Å²) in [4.78, 5) is 0. The third-order valence-corrected chi connectivity index (χ3v) is 3.27. The van der Waals surface area contributed by atoms with Gasteiger partial charge in [0.25, 0.3) is 9.07 Å². The topological polar surface area (TPSA) is 9.23 Å². The smallest absolute Gasteiger partial charge is 0.259 e. The summed E-state index contributed by atoms with van der Waals surface area (Å²) in [7, 11) is -0.949. The van der Waals surface area contributed by atoms with E-state index in [1.54, 1.807) is 0 Å². The summed E-state index contributed by atoms with van der Waals surface area (Å²) in [5.41, 5.74) is 2.31. The Bertz CT molecular complexity index is 379. The van der Waals surface area contributed by atoms with Crippen molar-refractivity contribution in [1.82, 2.24) is 0 Å². The van der Waals surface area contributed by atoms with Crippen molar-refractivity contribution in [2.75, 3.05) is 0 Å². The van der Waals surface area contributed by atoms with Crippen molar-refractivity contribution in [2.24, 2.45) is 0 Å². The van der Waals surface area contributed by atoms with E-state index in [9.17, 15) is 0 Å². The molecule has 1 nitrogen and oxygen atoms in total. The third kappa shape index (κ3) is 2.73. The highest BCUT2D eigenvalue weighted by atomic mass is 35.6. The first-order valence-electron chi connectivity index (χ1n) is 5.19. The predicted octanol–water partition coefficient (Wildman–Crippen LogP) is 3.03. The number of benzene rings is 2. The Balaban J connectivity index is 2.31. The molecule has 16 heavy (non-hydrogen) atoms. The first-order valence-corrected chi connectivity index (χ1v) is 7.91. The fourth-order valence-electron chi connectivity index (χ4n) is 1.70. The van der Waals surface area contributed by atoms with Gasteiger partial charge in [0.2, 0.25) is 0 Å². The first kappa shape index (κ1) is 11.4. The second-order valence-corrected chi connectivity index (χ2v) is 4.68. The van der Waals surface area contributed by atoms with Crippen LogP contribution < -0.4 is 0 Å². The fourth-order valence-corrected chi connectivity index (χ4v) is 2.59. The van der Waals surface area contributed by atoms with Gasteiger partial charge in [-0.3, -0.25) is 0 Å². The summed E-state index contributed by atoms with van der Waals surface area (Å²) in [6, 6.07) is 20.4. The molecule has 0 radical (unpaired) electrons. The molecule has 0 amide bonds. The van der Waals surface area contributed by atoms with Gasteiger partial charge in [-0.2, -0.15) is 0 Å². The zero-order valence-corrected chi connectivity index (χ0v) is 11.0. The lowest BCUT2D eigenvalue weighted by atomic mass is 10.0. The van der Waals surface area contributed by atoms with Crippen LogP contribution in [-0.2, 0) is 4.43 Å². The summed E-state index contributed by atoms with van der Waals surface area (Å²) in [6.07, 6.45) is -0.0217. The first-order chi connectivity index (χ1) is 7.92. The maximum Gasteiger partial charge on any atom is 0.259 e. The van der Waals surface area contributed by atoms with Gasteiger partial charge in [-0.15, -0.1) is 11.1 Å². The normalized spacial score (nSPS) is 11.4. The van der Waals surface area contributed by atoms with Crippen molar-refractivity contribution in [1.29, 1.82) is 0 Å². The molecule has 0 saturated heterocycles. The molecule has 0 aliphatic rings. The standard InChI is InChI=1S/C13H13ClOSi/c14-16-15-13(11-7-3-1-4-8-11)12-9-5-2-6-10-12/h1-10,13H,16H2. The fraction of sp³-hybridized carbons (Fsp3) is 0.0769. The Morgan fingerprint density at radius 1 is 0.812 bits per heavy atom. The molecule has 0 bridgehead atoms. The van der Waals surface area contributed by atoms with E-state index in [2.05, 4.69) is 24.3 Å². The number of rotatable bonds is 4. The largest absolute Gasteiger partial charge is 0.397 e. The van der Waals surface area contributed by atoms with Gasteiger partial charge in [0.15, 0.2) is 0 Å². The monoisotopic (exact) mass is 248 g/mol. The van der Waals surface area contributed by atoms with Crippen molar-refractivity contribution >= 4 is 20.2 Å². The number of hydrogen-bond acceptors (Lipinski definition) is 1. The van der Waals surface area contributed by atoms with E-state index in [1.807, 2.05) is 36.4 Å². The number of halogens is 1. The minimum Gasteiger partial charge on any atom is -0.397 e. The van der Waals surface area contributed by atoms with Crippen LogP contribution in [0.15, 0.2) is 60.7 Å².